The van der Waals surface area contributed by atoms with E-state index in [1.807, 2.05) is 0 Å². The predicted octanol–water partition coefficient (Wildman–Crippen LogP) is 3.33. The molecular formula is C13H20Si. The van der Waals surface area contributed by atoms with Crippen molar-refractivity contribution >= 4 is 13.3 Å². The maximum Gasteiger partial charge on any atom is 0.0865 e. The van der Waals surface area contributed by atoms with Gasteiger partial charge in [0.1, 0.15) is 0 Å². The van der Waals surface area contributed by atoms with E-state index in [9.17, 15) is 0 Å². The third-order valence-electron chi connectivity index (χ3n) is 4.04. The second kappa shape index (κ2) is 3.89. The summed E-state index contributed by atoms with van der Waals surface area (Å²) in [6.45, 7) is 4.80. The molecule has 0 saturated heterocycles. The molecule has 0 radical (unpaired) electrons. The Bertz CT molecular complexity index is 313. The number of fused-ring (bicyclic) bond motifs is 1. The van der Waals surface area contributed by atoms with Gasteiger partial charge in [0, 0.05) is 0 Å². The molecule has 14 heavy (non-hydrogen) atoms. The SMILES string of the molecule is CC[Si]1(CC)CCCc2ccccc21. The lowest BCUT2D eigenvalue weighted by molar-refractivity contribution is 0.874. The lowest BCUT2D eigenvalue weighted by Crippen LogP contribution is -2.50. The van der Waals surface area contributed by atoms with Gasteiger partial charge in [-0.15, -0.1) is 0 Å². The summed E-state index contributed by atoms with van der Waals surface area (Å²) < 4.78 is 0. The third-order valence-corrected chi connectivity index (χ3v) is 9.69. The van der Waals surface area contributed by atoms with Crippen molar-refractivity contribution in [2.45, 2.75) is 44.8 Å². The van der Waals surface area contributed by atoms with E-state index in [0.29, 0.717) is 0 Å². The van der Waals surface area contributed by atoms with Crippen molar-refractivity contribution in [3.05, 3.63) is 29.8 Å². The van der Waals surface area contributed by atoms with E-state index in [1.165, 1.54) is 31.0 Å². The molecule has 2 rings (SSSR count). The summed E-state index contributed by atoms with van der Waals surface area (Å²) in [5.74, 6) is 0. The number of aryl methyl sites for hydroxylation is 1. The summed E-state index contributed by atoms with van der Waals surface area (Å²) in [6, 6.07) is 13.6. The summed E-state index contributed by atoms with van der Waals surface area (Å²) in [5, 5.41) is 1.77. The van der Waals surface area contributed by atoms with Gasteiger partial charge in [0.25, 0.3) is 0 Å². The highest BCUT2D eigenvalue weighted by Crippen LogP contribution is 2.28. The van der Waals surface area contributed by atoms with Gasteiger partial charge >= 0.3 is 0 Å². The summed E-state index contributed by atoms with van der Waals surface area (Å²) in [5.41, 5.74) is 1.66. The highest BCUT2D eigenvalue weighted by atomic mass is 28.3. The Kier molecular flexibility index (Phi) is 2.77. The summed E-state index contributed by atoms with van der Waals surface area (Å²) >= 11 is 0. The van der Waals surface area contributed by atoms with Crippen molar-refractivity contribution in [3.63, 3.8) is 0 Å². The van der Waals surface area contributed by atoms with Gasteiger partial charge in [-0.3, -0.25) is 0 Å². The largest absolute Gasteiger partial charge is 0.0865 e. The fourth-order valence-corrected chi connectivity index (χ4v) is 7.42. The molecule has 0 saturated carbocycles. The second-order valence-electron chi connectivity index (χ2n) is 4.50. The zero-order valence-electron chi connectivity index (χ0n) is 9.34. The average molecular weight is 204 g/mol. The molecule has 1 aliphatic heterocycles. The third kappa shape index (κ3) is 1.44. The van der Waals surface area contributed by atoms with Gasteiger partial charge in [-0.25, -0.2) is 0 Å². The highest BCUT2D eigenvalue weighted by Gasteiger charge is 2.34. The Morgan fingerprint density at radius 2 is 1.86 bits per heavy atom. The van der Waals surface area contributed by atoms with E-state index < -0.39 is 8.07 Å². The smallest absolute Gasteiger partial charge is 0.0675 e. The Hall–Kier alpha value is -0.563. The van der Waals surface area contributed by atoms with Gasteiger partial charge in [0.05, 0.1) is 8.07 Å². The zero-order valence-corrected chi connectivity index (χ0v) is 10.3. The molecule has 1 heterocycles. The van der Waals surface area contributed by atoms with Crippen molar-refractivity contribution in [3.8, 4) is 0 Å². The van der Waals surface area contributed by atoms with Crippen LogP contribution in [0.1, 0.15) is 25.8 Å². The van der Waals surface area contributed by atoms with E-state index >= 15 is 0 Å². The van der Waals surface area contributed by atoms with Crippen LogP contribution in [-0.4, -0.2) is 8.07 Å². The highest BCUT2D eigenvalue weighted by molar-refractivity contribution is 6.92. The number of rotatable bonds is 2. The molecule has 0 fully saturated rings. The molecule has 0 aliphatic carbocycles. The summed E-state index contributed by atoms with van der Waals surface area (Å²) in [4.78, 5) is 0. The molecule has 0 amide bonds. The molecule has 0 spiro atoms. The molecule has 1 aliphatic rings. The molecular weight excluding hydrogens is 184 g/mol. The lowest BCUT2D eigenvalue weighted by atomic mass is 10.1. The van der Waals surface area contributed by atoms with E-state index in [0.717, 1.165) is 0 Å². The molecule has 0 nitrogen and oxygen atoms in total. The van der Waals surface area contributed by atoms with Crippen LogP contribution in [0.15, 0.2) is 24.3 Å². The second-order valence-corrected chi connectivity index (χ2v) is 9.51. The Morgan fingerprint density at radius 1 is 1.14 bits per heavy atom. The zero-order chi connectivity index (χ0) is 10.0. The standard InChI is InChI=1S/C13H20Si/c1-3-14(4-2)11-7-9-12-8-5-6-10-13(12)14/h5-6,8,10H,3-4,7,9,11H2,1-2H3. The van der Waals surface area contributed by atoms with Gasteiger partial charge in [-0.05, 0) is 12.0 Å². The Morgan fingerprint density at radius 3 is 2.57 bits per heavy atom. The molecule has 0 bridgehead atoms. The minimum atomic E-state index is -1.05. The van der Waals surface area contributed by atoms with Gasteiger partial charge in [-0.1, -0.05) is 67.9 Å². The minimum Gasteiger partial charge on any atom is -0.0675 e. The maximum absolute atomic E-state index is 2.41. The molecule has 1 aromatic carbocycles. The number of benzene rings is 1. The van der Waals surface area contributed by atoms with Crippen LogP contribution >= 0.6 is 0 Å². The van der Waals surface area contributed by atoms with Crippen molar-refractivity contribution in [2.24, 2.45) is 0 Å². The number of hydrogen-bond donors (Lipinski definition) is 0. The van der Waals surface area contributed by atoms with Crippen LogP contribution in [0.2, 0.25) is 18.1 Å². The van der Waals surface area contributed by atoms with Gasteiger partial charge in [-0.2, -0.15) is 0 Å². The van der Waals surface area contributed by atoms with E-state index in [4.69, 9.17) is 0 Å². The normalized spacial score (nSPS) is 19.0. The first-order valence-electron chi connectivity index (χ1n) is 5.91. The Balaban J connectivity index is 2.48. The van der Waals surface area contributed by atoms with Gasteiger partial charge < -0.3 is 0 Å². The van der Waals surface area contributed by atoms with E-state index in [1.54, 1.807) is 10.8 Å². The summed E-state index contributed by atoms with van der Waals surface area (Å²) in [6.07, 6.45) is 2.76. The van der Waals surface area contributed by atoms with E-state index in [2.05, 4.69) is 38.1 Å². The van der Waals surface area contributed by atoms with Crippen LogP contribution < -0.4 is 5.19 Å². The maximum atomic E-state index is 2.41. The Labute approximate surface area is 88.4 Å². The molecule has 76 valence electrons. The molecule has 0 aromatic heterocycles. The van der Waals surface area contributed by atoms with E-state index in [-0.39, 0.29) is 0 Å². The van der Waals surface area contributed by atoms with Crippen LogP contribution in [0.4, 0.5) is 0 Å². The van der Waals surface area contributed by atoms with Crippen LogP contribution in [0.25, 0.3) is 0 Å². The lowest BCUT2D eigenvalue weighted by Gasteiger charge is -2.36. The van der Waals surface area contributed by atoms with Crippen molar-refractivity contribution in [1.82, 2.24) is 0 Å². The fourth-order valence-electron chi connectivity index (χ4n) is 2.99. The molecule has 0 atom stereocenters. The average Bonchev–Trinajstić information content (AvgIpc) is 2.28. The minimum absolute atomic E-state index is 1.05. The van der Waals surface area contributed by atoms with Crippen molar-refractivity contribution in [2.75, 3.05) is 0 Å². The van der Waals surface area contributed by atoms with Gasteiger partial charge in [0.2, 0.25) is 0 Å². The van der Waals surface area contributed by atoms with Crippen molar-refractivity contribution in [1.29, 1.82) is 0 Å². The quantitative estimate of drug-likeness (QED) is 0.648. The molecule has 1 heteroatoms. The molecule has 1 aromatic rings. The van der Waals surface area contributed by atoms with Crippen LogP contribution in [-0.2, 0) is 6.42 Å². The first-order valence-corrected chi connectivity index (χ1v) is 8.53. The van der Waals surface area contributed by atoms with Gasteiger partial charge in [0.15, 0.2) is 0 Å². The van der Waals surface area contributed by atoms with Crippen molar-refractivity contribution < 1.29 is 0 Å². The first-order chi connectivity index (χ1) is 6.82. The number of hydrogen-bond acceptors (Lipinski definition) is 0. The molecule has 0 unspecified atom stereocenters. The predicted molar refractivity (Wildman–Crippen MR) is 65.9 cm³/mol. The summed E-state index contributed by atoms with van der Waals surface area (Å²) in [7, 11) is -1.05. The monoisotopic (exact) mass is 204 g/mol. The van der Waals surface area contributed by atoms with Crippen LogP contribution in [0.3, 0.4) is 0 Å². The topological polar surface area (TPSA) is 0 Å². The van der Waals surface area contributed by atoms with Crippen LogP contribution in [0.5, 0.6) is 0 Å². The molecule has 0 N–H and O–H groups in total. The first kappa shape index (κ1) is 9.97. The van der Waals surface area contributed by atoms with Crippen LogP contribution in [0, 0.1) is 0 Å². The fraction of sp³-hybridized carbons (Fsp3) is 0.538.